The standard InChI is InChI=1S/C15H15BrClN3/c1-2-18-14-8-13(9-3-4-9)19-15(20-14)11-6-5-10(16)7-12(11)17/h5-9H,2-4H2,1H3,(H,18,19,20). The van der Waals surface area contributed by atoms with Gasteiger partial charge in [-0.05, 0) is 38.0 Å². The molecule has 0 unspecified atom stereocenters. The summed E-state index contributed by atoms with van der Waals surface area (Å²) in [7, 11) is 0. The Morgan fingerprint density at radius 3 is 2.75 bits per heavy atom. The van der Waals surface area contributed by atoms with E-state index in [4.69, 9.17) is 11.6 Å². The summed E-state index contributed by atoms with van der Waals surface area (Å²) in [5, 5.41) is 3.93. The van der Waals surface area contributed by atoms with Crippen LogP contribution < -0.4 is 5.32 Å². The molecule has 1 N–H and O–H groups in total. The highest BCUT2D eigenvalue weighted by atomic mass is 79.9. The Labute approximate surface area is 131 Å². The van der Waals surface area contributed by atoms with Crippen molar-refractivity contribution in [3.63, 3.8) is 0 Å². The number of rotatable bonds is 4. The van der Waals surface area contributed by atoms with Crippen molar-refractivity contribution in [2.45, 2.75) is 25.7 Å². The third kappa shape index (κ3) is 2.96. The van der Waals surface area contributed by atoms with E-state index in [0.29, 0.717) is 16.8 Å². The van der Waals surface area contributed by atoms with Crippen molar-refractivity contribution in [2.75, 3.05) is 11.9 Å². The van der Waals surface area contributed by atoms with Crippen LogP contribution in [0.15, 0.2) is 28.7 Å². The van der Waals surface area contributed by atoms with Crippen LogP contribution >= 0.6 is 27.5 Å². The highest BCUT2D eigenvalue weighted by Crippen LogP contribution is 2.40. The van der Waals surface area contributed by atoms with Crippen LogP contribution in [0.25, 0.3) is 11.4 Å². The molecule has 1 aromatic carbocycles. The summed E-state index contributed by atoms with van der Waals surface area (Å²) in [6.07, 6.45) is 2.44. The molecule has 0 spiro atoms. The first kappa shape index (κ1) is 13.8. The molecule has 0 saturated heterocycles. The number of halogens is 2. The fourth-order valence-corrected chi connectivity index (χ4v) is 2.88. The van der Waals surface area contributed by atoms with Crippen LogP contribution in [0.2, 0.25) is 5.02 Å². The molecule has 0 atom stereocenters. The lowest BCUT2D eigenvalue weighted by molar-refractivity contribution is 0.988. The lowest BCUT2D eigenvalue weighted by Gasteiger charge is -2.10. The number of aromatic nitrogens is 2. The van der Waals surface area contributed by atoms with Gasteiger partial charge in [-0.25, -0.2) is 9.97 Å². The van der Waals surface area contributed by atoms with E-state index < -0.39 is 0 Å². The minimum Gasteiger partial charge on any atom is -0.370 e. The largest absolute Gasteiger partial charge is 0.370 e. The monoisotopic (exact) mass is 351 g/mol. The normalized spacial score (nSPS) is 14.3. The van der Waals surface area contributed by atoms with Gasteiger partial charge in [0.1, 0.15) is 5.82 Å². The Bertz CT molecular complexity index is 641. The van der Waals surface area contributed by atoms with Crippen molar-refractivity contribution in [2.24, 2.45) is 0 Å². The second-order valence-corrected chi connectivity index (χ2v) is 6.25. The van der Waals surface area contributed by atoms with Crippen molar-refractivity contribution in [3.8, 4) is 11.4 Å². The molecule has 0 amide bonds. The molecule has 1 aliphatic rings. The molecular formula is C15H15BrClN3. The molecule has 1 heterocycles. The van der Waals surface area contributed by atoms with Gasteiger partial charge >= 0.3 is 0 Å². The van der Waals surface area contributed by atoms with E-state index in [1.165, 1.54) is 12.8 Å². The zero-order valence-electron chi connectivity index (χ0n) is 11.2. The van der Waals surface area contributed by atoms with Crippen LogP contribution in [-0.2, 0) is 0 Å². The van der Waals surface area contributed by atoms with E-state index in [1.54, 1.807) is 0 Å². The molecular weight excluding hydrogens is 338 g/mol. The zero-order valence-corrected chi connectivity index (χ0v) is 13.5. The summed E-state index contributed by atoms with van der Waals surface area (Å²) in [5.41, 5.74) is 1.99. The molecule has 5 heteroatoms. The number of nitrogens with zero attached hydrogens (tertiary/aromatic N) is 2. The highest BCUT2D eigenvalue weighted by Gasteiger charge is 2.26. The molecule has 1 aromatic heterocycles. The van der Waals surface area contributed by atoms with E-state index >= 15 is 0 Å². The number of hydrogen-bond donors (Lipinski definition) is 1. The van der Waals surface area contributed by atoms with Crippen LogP contribution in [-0.4, -0.2) is 16.5 Å². The predicted octanol–water partition coefficient (Wildman–Crippen LogP) is 4.87. The molecule has 0 bridgehead atoms. The maximum absolute atomic E-state index is 6.31. The van der Waals surface area contributed by atoms with Gasteiger partial charge in [0, 0.05) is 34.3 Å². The van der Waals surface area contributed by atoms with Crippen molar-refractivity contribution >= 4 is 33.3 Å². The zero-order chi connectivity index (χ0) is 14.1. The van der Waals surface area contributed by atoms with Gasteiger partial charge in [-0.15, -0.1) is 0 Å². The fourth-order valence-electron chi connectivity index (χ4n) is 2.12. The third-order valence-electron chi connectivity index (χ3n) is 3.27. The smallest absolute Gasteiger partial charge is 0.163 e. The van der Waals surface area contributed by atoms with Gasteiger partial charge in [-0.2, -0.15) is 0 Å². The predicted molar refractivity (Wildman–Crippen MR) is 86.3 cm³/mol. The van der Waals surface area contributed by atoms with E-state index in [-0.39, 0.29) is 0 Å². The SMILES string of the molecule is CCNc1cc(C2CC2)nc(-c2ccc(Br)cc2Cl)n1. The maximum atomic E-state index is 6.31. The molecule has 20 heavy (non-hydrogen) atoms. The Morgan fingerprint density at radius 2 is 2.10 bits per heavy atom. The molecule has 104 valence electrons. The van der Waals surface area contributed by atoms with E-state index in [9.17, 15) is 0 Å². The number of benzene rings is 1. The molecule has 3 rings (SSSR count). The molecule has 3 nitrogen and oxygen atoms in total. The highest BCUT2D eigenvalue weighted by molar-refractivity contribution is 9.10. The fraction of sp³-hybridized carbons (Fsp3) is 0.333. The molecule has 1 fully saturated rings. The Balaban J connectivity index is 2.06. The average Bonchev–Trinajstić information content (AvgIpc) is 3.23. The number of anilines is 1. The Hall–Kier alpha value is -1.13. The van der Waals surface area contributed by atoms with Gasteiger partial charge in [0.15, 0.2) is 5.82 Å². The van der Waals surface area contributed by atoms with E-state index in [1.807, 2.05) is 18.2 Å². The summed E-state index contributed by atoms with van der Waals surface area (Å²) in [6, 6.07) is 7.84. The molecule has 0 aliphatic heterocycles. The van der Waals surface area contributed by atoms with Crippen LogP contribution in [0.3, 0.4) is 0 Å². The molecule has 1 aliphatic carbocycles. The van der Waals surface area contributed by atoms with Crippen molar-refractivity contribution < 1.29 is 0 Å². The Kier molecular flexibility index (Phi) is 3.94. The molecule has 0 radical (unpaired) electrons. The summed E-state index contributed by atoms with van der Waals surface area (Å²) in [4.78, 5) is 9.26. The first-order chi connectivity index (χ1) is 9.67. The van der Waals surface area contributed by atoms with Gasteiger partial charge in [0.25, 0.3) is 0 Å². The van der Waals surface area contributed by atoms with E-state index in [2.05, 4.69) is 44.2 Å². The first-order valence-electron chi connectivity index (χ1n) is 6.75. The summed E-state index contributed by atoms with van der Waals surface area (Å²) in [5.74, 6) is 2.16. The number of nitrogens with one attached hydrogen (secondary N) is 1. The lowest BCUT2D eigenvalue weighted by Crippen LogP contribution is -2.03. The van der Waals surface area contributed by atoms with Gasteiger partial charge in [0.05, 0.1) is 5.02 Å². The van der Waals surface area contributed by atoms with Crippen molar-refractivity contribution in [3.05, 3.63) is 39.5 Å². The maximum Gasteiger partial charge on any atom is 0.163 e. The second kappa shape index (κ2) is 5.70. The van der Waals surface area contributed by atoms with Crippen molar-refractivity contribution in [1.82, 2.24) is 9.97 Å². The Morgan fingerprint density at radius 1 is 1.30 bits per heavy atom. The second-order valence-electron chi connectivity index (χ2n) is 4.93. The van der Waals surface area contributed by atoms with Crippen LogP contribution in [0.1, 0.15) is 31.4 Å². The van der Waals surface area contributed by atoms with Crippen LogP contribution in [0.4, 0.5) is 5.82 Å². The molecule has 2 aromatic rings. The van der Waals surface area contributed by atoms with Crippen molar-refractivity contribution in [1.29, 1.82) is 0 Å². The topological polar surface area (TPSA) is 37.8 Å². The quantitative estimate of drug-likeness (QED) is 0.853. The van der Waals surface area contributed by atoms with Gasteiger partial charge in [0.2, 0.25) is 0 Å². The summed E-state index contributed by atoms with van der Waals surface area (Å²) in [6.45, 7) is 2.90. The summed E-state index contributed by atoms with van der Waals surface area (Å²) < 4.78 is 0.955. The van der Waals surface area contributed by atoms with Crippen LogP contribution in [0.5, 0.6) is 0 Å². The molecule has 1 saturated carbocycles. The summed E-state index contributed by atoms with van der Waals surface area (Å²) >= 11 is 9.73. The third-order valence-corrected chi connectivity index (χ3v) is 4.08. The minimum atomic E-state index is 0.586. The van der Waals surface area contributed by atoms with E-state index in [0.717, 1.165) is 28.1 Å². The average molecular weight is 353 g/mol. The van der Waals surface area contributed by atoms with Crippen LogP contribution in [0, 0.1) is 0 Å². The van der Waals surface area contributed by atoms with Gasteiger partial charge in [-0.1, -0.05) is 27.5 Å². The lowest BCUT2D eigenvalue weighted by atomic mass is 10.2. The minimum absolute atomic E-state index is 0.586. The number of hydrogen-bond acceptors (Lipinski definition) is 3. The van der Waals surface area contributed by atoms with Gasteiger partial charge < -0.3 is 5.32 Å². The van der Waals surface area contributed by atoms with Gasteiger partial charge in [-0.3, -0.25) is 0 Å². The first-order valence-corrected chi connectivity index (χ1v) is 7.92.